The second-order valence-electron chi connectivity index (χ2n) is 6.27. The Morgan fingerprint density at radius 1 is 1.43 bits per heavy atom. The fourth-order valence-corrected chi connectivity index (χ4v) is 3.29. The minimum absolute atomic E-state index is 0.276. The molecule has 3 unspecified atom stereocenters. The van der Waals surface area contributed by atoms with Gasteiger partial charge >= 0.3 is 0 Å². The number of halogens is 1. The highest BCUT2D eigenvalue weighted by Crippen LogP contribution is 2.29. The second kappa shape index (κ2) is 7.23. The standard InChI is InChI=1S/C17H27FN2O/c1-12-7-9-20(13(2)11-12)10-8-15(19)17-14(18)5-4-6-16(17)21-3/h4-6,12-13,15H,7-11,19H2,1-3H3. The summed E-state index contributed by atoms with van der Waals surface area (Å²) < 4.78 is 19.2. The first-order valence-corrected chi connectivity index (χ1v) is 7.85. The maximum Gasteiger partial charge on any atom is 0.131 e. The topological polar surface area (TPSA) is 38.5 Å². The van der Waals surface area contributed by atoms with Gasteiger partial charge in [-0.1, -0.05) is 13.0 Å². The van der Waals surface area contributed by atoms with Gasteiger partial charge in [-0.25, -0.2) is 4.39 Å². The monoisotopic (exact) mass is 294 g/mol. The number of nitrogens with two attached hydrogens (primary N) is 1. The van der Waals surface area contributed by atoms with E-state index in [-0.39, 0.29) is 11.9 Å². The van der Waals surface area contributed by atoms with Gasteiger partial charge in [0.1, 0.15) is 11.6 Å². The number of hydrogen-bond acceptors (Lipinski definition) is 3. The molecule has 1 aliphatic heterocycles. The van der Waals surface area contributed by atoms with Crippen molar-refractivity contribution >= 4 is 0 Å². The summed E-state index contributed by atoms with van der Waals surface area (Å²) in [5, 5.41) is 0. The van der Waals surface area contributed by atoms with Gasteiger partial charge in [-0.3, -0.25) is 0 Å². The van der Waals surface area contributed by atoms with Crippen LogP contribution in [0, 0.1) is 11.7 Å². The number of methoxy groups -OCH3 is 1. The van der Waals surface area contributed by atoms with Crippen LogP contribution >= 0.6 is 0 Å². The lowest BCUT2D eigenvalue weighted by Crippen LogP contribution is -2.41. The molecule has 0 amide bonds. The summed E-state index contributed by atoms with van der Waals surface area (Å²) >= 11 is 0. The first-order chi connectivity index (χ1) is 10.0. The van der Waals surface area contributed by atoms with Crippen LogP contribution in [0.15, 0.2) is 18.2 Å². The highest BCUT2D eigenvalue weighted by atomic mass is 19.1. The number of rotatable bonds is 5. The SMILES string of the molecule is COc1cccc(F)c1C(N)CCN1CCC(C)CC1C. The van der Waals surface area contributed by atoms with Crippen molar-refractivity contribution in [3.05, 3.63) is 29.6 Å². The molecule has 2 rings (SSSR count). The normalized spacial score (nSPS) is 24.8. The van der Waals surface area contributed by atoms with Crippen LogP contribution in [0.5, 0.6) is 5.75 Å². The summed E-state index contributed by atoms with van der Waals surface area (Å²) in [7, 11) is 1.55. The Kier molecular flexibility index (Phi) is 5.59. The minimum atomic E-state index is -0.326. The lowest BCUT2D eigenvalue weighted by Gasteiger charge is -2.37. The molecule has 0 aromatic heterocycles. The zero-order chi connectivity index (χ0) is 15.4. The van der Waals surface area contributed by atoms with E-state index in [0.717, 1.165) is 25.4 Å². The van der Waals surface area contributed by atoms with Crippen molar-refractivity contribution in [1.29, 1.82) is 0 Å². The van der Waals surface area contributed by atoms with Crippen molar-refractivity contribution in [2.24, 2.45) is 11.7 Å². The third-order valence-electron chi connectivity index (χ3n) is 4.61. The van der Waals surface area contributed by atoms with E-state index in [1.807, 2.05) is 0 Å². The van der Waals surface area contributed by atoms with E-state index in [2.05, 4.69) is 18.7 Å². The average molecular weight is 294 g/mol. The molecule has 3 nitrogen and oxygen atoms in total. The molecule has 1 fully saturated rings. The van der Waals surface area contributed by atoms with Gasteiger partial charge in [0.25, 0.3) is 0 Å². The molecular formula is C17H27FN2O. The maximum absolute atomic E-state index is 14.0. The third kappa shape index (κ3) is 3.95. The van der Waals surface area contributed by atoms with Crippen LogP contribution in [-0.4, -0.2) is 31.1 Å². The molecule has 118 valence electrons. The third-order valence-corrected chi connectivity index (χ3v) is 4.61. The minimum Gasteiger partial charge on any atom is -0.496 e. The van der Waals surface area contributed by atoms with Gasteiger partial charge in [0.05, 0.1) is 7.11 Å². The van der Waals surface area contributed by atoms with Crippen molar-refractivity contribution < 1.29 is 9.13 Å². The first-order valence-electron chi connectivity index (χ1n) is 7.85. The van der Waals surface area contributed by atoms with Crippen molar-refractivity contribution in [2.75, 3.05) is 20.2 Å². The van der Waals surface area contributed by atoms with Crippen molar-refractivity contribution in [2.45, 2.75) is 45.2 Å². The Morgan fingerprint density at radius 2 is 2.19 bits per heavy atom. The predicted octanol–water partition coefficient (Wildman–Crippen LogP) is 3.34. The zero-order valence-corrected chi connectivity index (χ0v) is 13.3. The first kappa shape index (κ1) is 16.2. The predicted molar refractivity (Wildman–Crippen MR) is 83.9 cm³/mol. The van der Waals surface area contributed by atoms with Crippen LogP contribution in [0.3, 0.4) is 0 Å². The molecule has 0 aliphatic carbocycles. The van der Waals surface area contributed by atoms with E-state index in [1.165, 1.54) is 18.9 Å². The van der Waals surface area contributed by atoms with Gasteiger partial charge in [0.15, 0.2) is 0 Å². The summed E-state index contributed by atoms with van der Waals surface area (Å²) in [6, 6.07) is 5.13. The van der Waals surface area contributed by atoms with Crippen LogP contribution in [0.1, 0.15) is 44.7 Å². The highest BCUT2D eigenvalue weighted by Gasteiger charge is 2.24. The van der Waals surface area contributed by atoms with Gasteiger partial charge in [-0.15, -0.1) is 0 Å². The van der Waals surface area contributed by atoms with Gasteiger partial charge in [0, 0.05) is 24.2 Å². The van der Waals surface area contributed by atoms with Gasteiger partial charge in [-0.05, 0) is 50.8 Å². The molecule has 4 heteroatoms. The van der Waals surface area contributed by atoms with Crippen molar-refractivity contribution in [1.82, 2.24) is 4.90 Å². The maximum atomic E-state index is 14.0. The van der Waals surface area contributed by atoms with Crippen LogP contribution in [0.2, 0.25) is 0 Å². The van der Waals surface area contributed by atoms with E-state index in [0.29, 0.717) is 17.4 Å². The Hall–Kier alpha value is -1.13. The molecule has 21 heavy (non-hydrogen) atoms. The van der Waals surface area contributed by atoms with E-state index in [9.17, 15) is 4.39 Å². The molecular weight excluding hydrogens is 267 g/mol. The molecule has 0 spiro atoms. The smallest absolute Gasteiger partial charge is 0.131 e. The average Bonchev–Trinajstić information content (AvgIpc) is 2.45. The summed E-state index contributed by atoms with van der Waals surface area (Å²) in [5.74, 6) is 1.07. The molecule has 1 aromatic carbocycles. The summed E-state index contributed by atoms with van der Waals surface area (Å²) in [6.07, 6.45) is 3.22. The fraction of sp³-hybridized carbons (Fsp3) is 0.647. The Balaban J connectivity index is 1.97. The van der Waals surface area contributed by atoms with Gasteiger partial charge < -0.3 is 15.4 Å². The Morgan fingerprint density at radius 3 is 2.86 bits per heavy atom. The summed E-state index contributed by atoms with van der Waals surface area (Å²) in [4.78, 5) is 2.47. The van der Waals surface area contributed by atoms with Crippen LogP contribution in [-0.2, 0) is 0 Å². The molecule has 1 aromatic rings. The van der Waals surface area contributed by atoms with E-state index < -0.39 is 0 Å². The molecule has 1 saturated heterocycles. The molecule has 2 N–H and O–H groups in total. The number of piperidine rings is 1. The lowest BCUT2D eigenvalue weighted by molar-refractivity contribution is 0.125. The van der Waals surface area contributed by atoms with Crippen molar-refractivity contribution in [3.63, 3.8) is 0 Å². The number of likely N-dealkylation sites (tertiary alicyclic amines) is 1. The van der Waals surface area contributed by atoms with Crippen LogP contribution in [0.25, 0.3) is 0 Å². The number of hydrogen-bond donors (Lipinski definition) is 1. The van der Waals surface area contributed by atoms with E-state index in [1.54, 1.807) is 19.2 Å². The number of nitrogens with zero attached hydrogens (tertiary/aromatic N) is 1. The second-order valence-corrected chi connectivity index (χ2v) is 6.27. The molecule has 1 heterocycles. The van der Waals surface area contributed by atoms with Gasteiger partial charge in [-0.2, -0.15) is 0 Å². The summed E-state index contributed by atoms with van der Waals surface area (Å²) in [5.41, 5.74) is 6.71. The number of benzene rings is 1. The zero-order valence-electron chi connectivity index (χ0n) is 13.3. The van der Waals surface area contributed by atoms with Crippen molar-refractivity contribution in [3.8, 4) is 5.75 Å². The largest absolute Gasteiger partial charge is 0.496 e. The molecule has 1 aliphatic rings. The van der Waals surface area contributed by atoms with Crippen LogP contribution in [0.4, 0.5) is 4.39 Å². The highest BCUT2D eigenvalue weighted by molar-refractivity contribution is 5.37. The van der Waals surface area contributed by atoms with E-state index in [4.69, 9.17) is 10.5 Å². The van der Waals surface area contributed by atoms with Crippen LogP contribution < -0.4 is 10.5 Å². The van der Waals surface area contributed by atoms with E-state index >= 15 is 0 Å². The Bertz CT molecular complexity index is 466. The molecule has 0 radical (unpaired) electrons. The molecule has 0 bridgehead atoms. The molecule has 3 atom stereocenters. The number of ether oxygens (including phenoxy) is 1. The fourth-order valence-electron chi connectivity index (χ4n) is 3.29. The van der Waals surface area contributed by atoms with Gasteiger partial charge in [0.2, 0.25) is 0 Å². The summed E-state index contributed by atoms with van der Waals surface area (Å²) in [6.45, 7) is 6.60. The quantitative estimate of drug-likeness (QED) is 0.905. The molecule has 0 saturated carbocycles. The lowest BCUT2D eigenvalue weighted by atomic mass is 9.93. The Labute approximate surface area is 127 Å².